The minimum absolute atomic E-state index is 0.275. The van der Waals surface area contributed by atoms with Crippen molar-refractivity contribution < 1.29 is 41.9 Å². The number of halogens is 1. The van der Waals surface area contributed by atoms with E-state index in [1.54, 1.807) is 13.8 Å². The standard InChI is InChI=1S/C10H15BrO9S/c1-10(2,11)9(15)20-4-3-19-7(12)5-6(8(13)14)21(16,17)18/h6H,3-5H2,1-2H3,(H,13,14)(H,16,17,18). The largest absolute Gasteiger partial charge is 0.480 e. The molecule has 0 bridgehead atoms. The molecule has 21 heavy (non-hydrogen) atoms. The van der Waals surface area contributed by atoms with Crippen molar-refractivity contribution in [2.24, 2.45) is 0 Å². The average Bonchev–Trinajstić information content (AvgIpc) is 2.28. The Bertz CT molecular complexity index is 505. The van der Waals surface area contributed by atoms with E-state index in [9.17, 15) is 22.8 Å². The lowest BCUT2D eigenvalue weighted by molar-refractivity contribution is -0.154. The van der Waals surface area contributed by atoms with Gasteiger partial charge in [-0.1, -0.05) is 15.9 Å². The zero-order valence-electron chi connectivity index (χ0n) is 11.2. The maximum absolute atomic E-state index is 11.3. The number of hydrogen-bond donors (Lipinski definition) is 2. The van der Waals surface area contributed by atoms with E-state index in [-0.39, 0.29) is 13.2 Å². The summed E-state index contributed by atoms with van der Waals surface area (Å²) < 4.78 is 38.4. The molecule has 0 aliphatic heterocycles. The molecule has 0 radical (unpaired) electrons. The smallest absolute Gasteiger partial charge is 0.325 e. The molecule has 0 amide bonds. The minimum Gasteiger partial charge on any atom is -0.480 e. The molecule has 11 heteroatoms. The molecule has 2 N–H and O–H groups in total. The SMILES string of the molecule is CC(C)(Br)C(=O)OCCOC(=O)CC(C(=O)O)S(=O)(=O)O. The molecule has 0 aromatic rings. The molecule has 0 heterocycles. The van der Waals surface area contributed by atoms with E-state index in [0.29, 0.717) is 0 Å². The third kappa shape index (κ3) is 7.97. The van der Waals surface area contributed by atoms with E-state index in [4.69, 9.17) is 14.4 Å². The lowest BCUT2D eigenvalue weighted by Gasteiger charge is -2.15. The molecule has 0 fully saturated rings. The molecule has 0 rings (SSSR count). The molecule has 9 nitrogen and oxygen atoms in total. The topological polar surface area (TPSA) is 144 Å². The molecular formula is C10H15BrO9S. The summed E-state index contributed by atoms with van der Waals surface area (Å²) in [6.45, 7) is 2.45. The summed E-state index contributed by atoms with van der Waals surface area (Å²) >= 11 is 3.05. The quantitative estimate of drug-likeness (QED) is 0.252. The molecule has 0 saturated heterocycles. The first kappa shape index (κ1) is 19.8. The van der Waals surface area contributed by atoms with Gasteiger partial charge in [0.05, 0.1) is 6.42 Å². The molecular weight excluding hydrogens is 376 g/mol. The van der Waals surface area contributed by atoms with Crippen molar-refractivity contribution in [2.45, 2.75) is 29.8 Å². The summed E-state index contributed by atoms with van der Waals surface area (Å²) in [5, 5.41) is 6.27. The van der Waals surface area contributed by atoms with Crippen molar-refractivity contribution in [1.82, 2.24) is 0 Å². The number of carbonyl (C=O) groups excluding carboxylic acids is 2. The fraction of sp³-hybridized carbons (Fsp3) is 0.700. The monoisotopic (exact) mass is 390 g/mol. The lowest BCUT2D eigenvalue weighted by Crippen LogP contribution is -2.33. The first-order valence-corrected chi connectivity index (χ1v) is 7.86. The van der Waals surface area contributed by atoms with Gasteiger partial charge in [-0.25, -0.2) is 0 Å². The average molecular weight is 391 g/mol. The van der Waals surface area contributed by atoms with Gasteiger partial charge in [0.15, 0.2) is 5.25 Å². The van der Waals surface area contributed by atoms with Gasteiger partial charge >= 0.3 is 17.9 Å². The predicted molar refractivity (Wildman–Crippen MR) is 72.5 cm³/mol. The highest BCUT2D eigenvalue weighted by Gasteiger charge is 2.34. The maximum atomic E-state index is 11.3. The second kappa shape index (κ2) is 7.71. The van der Waals surface area contributed by atoms with Gasteiger partial charge in [-0.2, -0.15) is 8.42 Å². The van der Waals surface area contributed by atoms with Crippen LogP contribution in [0.1, 0.15) is 20.3 Å². The Hall–Kier alpha value is -1.20. The molecule has 1 atom stereocenters. The van der Waals surface area contributed by atoms with Crippen molar-refractivity contribution in [1.29, 1.82) is 0 Å². The summed E-state index contributed by atoms with van der Waals surface area (Å²) in [4.78, 5) is 33.1. The van der Waals surface area contributed by atoms with Crippen molar-refractivity contribution in [3.05, 3.63) is 0 Å². The Morgan fingerprint density at radius 2 is 1.67 bits per heavy atom. The van der Waals surface area contributed by atoms with Gasteiger partial charge in [0.25, 0.3) is 10.1 Å². The highest BCUT2D eigenvalue weighted by molar-refractivity contribution is 9.10. The Balaban J connectivity index is 4.23. The highest BCUT2D eigenvalue weighted by Crippen LogP contribution is 2.17. The number of carbonyl (C=O) groups is 3. The zero-order valence-corrected chi connectivity index (χ0v) is 13.6. The van der Waals surface area contributed by atoms with Crippen LogP contribution in [0.25, 0.3) is 0 Å². The normalized spacial score (nSPS) is 13.3. The van der Waals surface area contributed by atoms with Gasteiger partial charge in [-0.3, -0.25) is 18.9 Å². The molecule has 0 spiro atoms. The van der Waals surface area contributed by atoms with Gasteiger partial charge in [-0.05, 0) is 13.8 Å². The number of rotatable bonds is 8. The first-order chi connectivity index (χ1) is 9.35. The van der Waals surface area contributed by atoms with E-state index in [1.165, 1.54) is 0 Å². The van der Waals surface area contributed by atoms with Crippen LogP contribution in [0.15, 0.2) is 0 Å². The van der Waals surface area contributed by atoms with Gasteiger partial charge in [-0.15, -0.1) is 0 Å². The van der Waals surface area contributed by atoms with Crippen LogP contribution in [0.2, 0.25) is 0 Å². The maximum Gasteiger partial charge on any atom is 0.325 e. The van der Waals surface area contributed by atoms with Crippen LogP contribution < -0.4 is 0 Å². The Labute approximate surface area is 129 Å². The van der Waals surface area contributed by atoms with Gasteiger partial charge in [0.2, 0.25) is 0 Å². The second-order valence-corrected chi connectivity index (χ2v) is 7.96. The molecule has 0 saturated carbocycles. The van der Waals surface area contributed by atoms with Crippen LogP contribution in [0.5, 0.6) is 0 Å². The molecule has 0 aliphatic rings. The van der Waals surface area contributed by atoms with Crippen molar-refractivity contribution in [2.75, 3.05) is 13.2 Å². The van der Waals surface area contributed by atoms with Crippen LogP contribution in [0, 0.1) is 0 Å². The van der Waals surface area contributed by atoms with Crippen molar-refractivity contribution in [3.8, 4) is 0 Å². The van der Waals surface area contributed by atoms with E-state index < -0.39 is 44.0 Å². The number of carboxylic acid groups (broad SMARTS) is 1. The Kier molecular flexibility index (Phi) is 7.27. The van der Waals surface area contributed by atoms with E-state index in [1.807, 2.05) is 0 Å². The summed E-state index contributed by atoms with van der Waals surface area (Å²) in [5.41, 5.74) is 0. The number of hydrogen-bond acceptors (Lipinski definition) is 7. The zero-order chi connectivity index (χ0) is 16.8. The summed E-state index contributed by atoms with van der Waals surface area (Å²) in [7, 11) is -4.91. The molecule has 1 unspecified atom stereocenters. The van der Waals surface area contributed by atoms with E-state index in [0.717, 1.165) is 0 Å². The van der Waals surface area contributed by atoms with Crippen LogP contribution in [-0.2, 0) is 34.0 Å². The lowest BCUT2D eigenvalue weighted by atomic mass is 10.2. The molecule has 0 aromatic heterocycles. The van der Waals surface area contributed by atoms with Crippen LogP contribution in [0.4, 0.5) is 0 Å². The first-order valence-electron chi connectivity index (χ1n) is 5.56. The number of esters is 2. The van der Waals surface area contributed by atoms with Gasteiger partial charge in [0.1, 0.15) is 17.5 Å². The second-order valence-electron chi connectivity index (χ2n) is 4.37. The number of ether oxygens (including phenoxy) is 2. The van der Waals surface area contributed by atoms with Crippen LogP contribution in [-0.4, -0.2) is 58.8 Å². The summed E-state index contributed by atoms with van der Waals surface area (Å²) in [6, 6.07) is 0. The van der Waals surface area contributed by atoms with Crippen molar-refractivity contribution in [3.63, 3.8) is 0 Å². The Morgan fingerprint density at radius 3 is 2.05 bits per heavy atom. The fourth-order valence-electron chi connectivity index (χ4n) is 0.992. The van der Waals surface area contributed by atoms with Gasteiger partial charge < -0.3 is 14.6 Å². The van der Waals surface area contributed by atoms with Crippen LogP contribution >= 0.6 is 15.9 Å². The van der Waals surface area contributed by atoms with Gasteiger partial charge in [0, 0.05) is 0 Å². The summed E-state index contributed by atoms with van der Waals surface area (Å²) in [6.07, 6.45) is -1.05. The number of alkyl halides is 1. The van der Waals surface area contributed by atoms with Crippen molar-refractivity contribution >= 4 is 44.0 Å². The number of carboxylic acids is 1. The van der Waals surface area contributed by atoms with Crippen LogP contribution in [0.3, 0.4) is 0 Å². The van der Waals surface area contributed by atoms with E-state index in [2.05, 4.69) is 20.7 Å². The molecule has 122 valence electrons. The predicted octanol–water partition coefficient (Wildman–Crippen LogP) is -0.0226. The number of aliphatic carboxylic acids is 1. The highest BCUT2D eigenvalue weighted by atomic mass is 79.9. The van der Waals surface area contributed by atoms with E-state index >= 15 is 0 Å². The summed E-state index contributed by atoms with van der Waals surface area (Å²) in [5.74, 6) is -3.63. The third-order valence-corrected chi connectivity index (χ3v) is 3.46. The molecule has 0 aliphatic carbocycles. The Morgan fingerprint density at radius 1 is 1.19 bits per heavy atom. The third-order valence-electron chi connectivity index (χ3n) is 2.05. The molecule has 0 aromatic carbocycles. The fourth-order valence-corrected chi connectivity index (χ4v) is 1.71. The minimum atomic E-state index is -4.91.